The van der Waals surface area contributed by atoms with Crippen LogP contribution in [-0.4, -0.2) is 21.5 Å². The van der Waals surface area contributed by atoms with Gasteiger partial charge in [0.1, 0.15) is 6.54 Å². The second kappa shape index (κ2) is 8.13. The van der Waals surface area contributed by atoms with Crippen LogP contribution in [0.1, 0.15) is 45.4 Å². The molecule has 0 spiro atoms. The highest BCUT2D eigenvalue weighted by Gasteiger charge is 2.27. The Morgan fingerprint density at radius 3 is 3.04 bits per heavy atom. The molecular formula is C19H24BrN3O2. The minimum atomic E-state index is -0.185. The molecule has 0 bridgehead atoms. The molecule has 1 N–H and O–H groups in total. The number of hydrogen-bond acceptors (Lipinski definition) is 3. The second-order valence-corrected chi connectivity index (χ2v) is 7.76. The smallest absolute Gasteiger partial charge is 0.261 e. The molecule has 5 nitrogen and oxygen atoms in total. The fourth-order valence-electron chi connectivity index (χ4n) is 3.69. The molecule has 2 atom stereocenters. The van der Waals surface area contributed by atoms with E-state index in [-0.39, 0.29) is 24.1 Å². The minimum Gasteiger partial charge on any atom is -0.352 e. The van der Waals surface area contributed by atoms with E-state index in [4.69, 9.17) is 0 Å². The van der Waals surface area contributed by atoms with Crippen LogP contribution in [0, 0.1) is 5.92 Å². The number of rotatable bonds is 6. The molecule has 0 aliphatic heterocycles. The molecule has 25 heavy (non-hydrogen) atoms. The molecule has 0 saturated heterocycles. The Morgan fingerprint density at radius 2 is 2.24 bits per heavy atom. The van der Waals surface area contributed by atoms with Gasteiger partial charge in [0, 0.05) is 10.5 Å². The van der Waals surface area contributed by atoms with Crippen LogP contribution in [0.4, 0.5) is 0 Å². The Balaban J connectivity index is 1.70. The van der Waals surface area contributed by atoms with Gasteiger partial charge in [-0.2, -0.15) is 0 Å². The van der Waals surface area contributed by atoms with Gasteiger partial charge in [0.2, 0.25) is 5.91 Å². The van der Waals surface area contributed by atoms with Gasteiger partial charge in [0.25, 0.3) is 5.56 Å². The first-order valence-corrected chi connectivity index (χ1v) is 9.82. The molecule has 1 aliphatic rings. The summed E-state index contributed by atoms with van der Waals surface area (Å²) >= 11 is 3.37. The summed E-state index contributed by atoms with van der Waals surface area (Å²) in [7, 11) is 0. The number of halogens is 1. The maximum absolute atomic E-state index is 12.6. The lowest BCUT2D eigenvalue weighted by Crippen LogP contribution is -2.40. The summed E-state index contributed by atoms with van der Waals surface area (Å²) in [5, 5.41) is 3.66. The quantitative estimate of drug-likeness (QED) is 0.797. The van der Waals surface area contributed by atoms with Gasteiger partial charge in [-0.25, -0.2) is 4.98 Å². The van der Waals surface area contributed by atoms with E-state index in [2.05, 4.69) is 33.2 Å². The van der Waals surface area contributed by atoms with Crippen molar-refractivity contribution in [2.45, 2.75) is 58.0 Å². The van der Waals surface area contributed by atoms with Crippen LogP contribution in [0.25, 0.3) is 10.9 Å². The number of aromatic nitrogens is 2. The monoisotopic (exact) mass is 405 g/mol. The summed E-state index contributed by atoms with van der Waals surface area (Å²) < 4.78 is 2.21. The van der Waals surface area contributed by atoms with Crippen molar-refractivity contribution in [3.63, 3.8) is 0 Å². The first kappa shape index (κ1) is 18.1. The Hall–Kier alpha value is -1.69. The van der Waals surface area contributed by atoms with Crippen molar-refractivity contribution < 1.29 is 4.79 Å². The normalized spacial score (nSPS) is 20.1. The number of amides is 1. The van der Waals surface area contributed by atoms with Crippen molar-refractivity contribution >= 4 is 32.7 Å². The number of carbonyl (C=O) groups is 1. The first-order chi connectivity index (χ1) is 12.1. The van der Waals surface area contributed by atoms with E-state index in [9.17, 15) is 9.59 Å². The highest BCUT2D eigenvalue weighted by molar-refractivity contribution is 9.10. The molecule has 1 aromatic heterocycles. The summed E-state index contributed by atoms with van der Waals surface area (Å²) in [4.78, 5) is 29.3. The Morgan fingerprint density at radius 1 is 1.40 bits per heavy atom. The van der Waals surface area contributed by atoms with E-state index in [0.29, 0.717) is 16.8 Å². The molecule has 1 aliphatic carbocycles. The summed E-state index contributed by atoms with van der Waals surface area (Å²) in [5.41, 5.74) is 0.454. The highest BCUT2D eigenvalue weighted by atomic mass is 79.9. The molecule has 6 heteroatoms. The average molecular weight is 406 g/mol. The lowest BCUT2D eigenvalue weighted by molar-refractivity contribution is -0.122. The standard InChI is InChI=1S/C19H24BrN3O2/c1-2-3-5-13-6-4-7-16(13)22-18(24)11-23-12-21-17-9-8-14(20)10-15(17)19(23)25/h8-10,12-13,16H,2-7,11H2,1H3,(H,22,24). The zero-order valence-corrected chi connectivity index (χ0v) is 16.1. The summed E-state index contributed by atoms with van der Waals surface area (Å²) in [6, 6.07) is 5.64. The third-order valence-corrected chi connectivity index (χ3v) is 5.53. The molecule has 3 rings (SSSR count). The van der Waals surface area contributed by atoms with E-state index < -0.39 is 0 Å². The van der Waals surface area contributed by atoms with Gasteiger partial charge >= 0.3 is 0 Å². The van der Waals surface area contributed by atoms with Gasteiger partial charge in [-0.05, 0) is 43.4 Å². The zero-order valence-electron chi connectivity index (χ0n) is 14.5. The molecule has 2 unspecified atom stereocenters. The number of nitrogens with zero attached hydrogens (tertiary/aromatic N) is 2. The van der Waals surface area contributed by atoms with Crippen molar-refractivity contribution in [1.82, 2.24) is 14.9 Å². The van der Waals surface area contributed by atoms with Crippen molar-refractivity contribution in [3.05, 3.63) is 39.4 Å². The molecule has 1 heterocycles. The summed E-state index contributed by atoms with van der Waals surface area (Å²) in [5.74, 6) is 0.470. The van der Waals surface area contributed by atoms with Crippen LogP contribution in [0.3, 0.4) is 0 Å². The number of unbranched alkanes of at least 4 members (excludes halogenated alkanes) is 1. The Bertz CT molecular complexity index is 818. The summed E-state index contributed by atoms with van der Waals surface area (Å²) in [6.07, 6.45) is 8.43. The van der Waals surface area contributed by atoms with Crippen LogP contribution in [-0.2, 0) is 11.3 Å². The molecule has 134 valence electrons. The molecular weight excluding hydrogens is 382 g/mol. The second-order valence-electron chi connectivity index (χ2n) is 6.85. The molecule has 1 amide bonds. The van der Waals surface area contributed by atoms with Crippen LogP contribution in [0.2, 0.25) is 0 Å². The van der Waals surface area contributed by atoms with E-state index in [0.717, 1.165) is 10.9 Å². The largest absolute Gasteiger partial charge is 0.352 e. The fourth-order valence-corrected chi connectivity index (χ4v) is 4.05. The van der Waals surface area contributed by atoms with Gasteiger partial charge in [0.15, 0.2) is 0 Å². The molecule has 2 aromatic rings. The van der Waals surface area contributed by atoms with E-state index in [1.54, 1.807) is 12.1 Å². The topological polar surface area (TPSA) is 64.0 Å². The number of carbonyl (C=O) groups excluding carboxylic acids is 1. The fraction of sp³-hybridized carbons (Fsp3) is 0.526. The minimum absolute atomic E-state index is 0.0191. The van der Waals surface area contributed by atoms with Gasteiger partial charge in [-0.15, -0.1) is 0 Å². The van der Waals surface area contributed by atoms with Crippen LogP contribution >= 0.6 is 15.9 Å². The number of hydrogen-bond donors (Lipinski definition) is 1. The molecule has 1 fully saturated rings. The Labute approximate surface area is 156 Å². The van der Waals surface area contributed by atoms with Gasteiger partial charge < -0.3 is 5.32 Å². The predicted molar refractivity (Wildman–Crippen MR) is 102 cm³/mol. The predicted octanol–water partition coefficient (Wildman–Crippen LogP) is 3.63. The molecule has 0 radical (unpaired) electrons. The van der Waals surface area contributed by atoms with Gasteiger partial charge in [0.05, 0.1) is 17.2 Å². The Kier molecular flexibility index (Phi) is 5.89. The van der Waals surface area contributed by atoms with Crippen molar-refractivity contribution in [3.8, 4) is 0 Å². The number of benzene rings is 1. The van der Waals surface area contributed by atoms with E-state index in [1.165, 1.54) is 43.0 Å². The van der Waals surface area contributed by atoms with Crippen LogP contribution in [0.5, 0.6) is 0 Å². The van der Waals surface area contributed by atoms with Crippen LogP contribution in [0.15, 0.2) is 33.8 Å². The van der Waals surface area contributed by atoms with Gasteiger partial charge in [-0.1, -0.05) is 42.1 Å². The lowest BCUT2D eigenvalue weighted by Gasteiger charge is -2.21. The number of fused-ring (bicyclic) bond motifs is 1. The average Bonchev–Trinajstić information content (AvgIpc) is 3.03. The highest BCUT2D eigenvalue weighted by Crippen LogP contribution is 2.29. The molecule has 1 aromatic carbocycles. The van der Waals surface area contributed by atoms with Gasteiger partial charge in [-0.3, -0.25) is 14.2 Å². The van der Waals surface area contributed by atoms with Crippen LogP contribution < -0.4 is 10.9 Å². The lowest BCUT2D eigenvalue weighted by atomic mass is 9.97. The van der Waals surface area contributed by atoms with E-state index in [1.807, 2.05) is 6.07 Å². The van der Waals surface area contributed by atoms with Crippen molar-refractivity contribution in [2.75, 3.05) is 0 Å². The van der Waals surface area contributed by atoms with Crippen molar-refractivity contribution in [1.29, 1.82) is 0 Å². The molecule has 1 saturated carbocycles. The third kappa shape index (κ3) is 4.29. The van der Waals surface area contributed by atoms with E-state index >= 15 is 0 Å². The third-order valence-electron chi connectivity index (χ3n) is 5.03. The van der Waals surface area contributed by atoms with Crippen molar-refractivity contribution in [2.24, 2.45) is 5.92 Å². The number of nitrogens with one attached hydrogen (secondary N) is 1. The maximum atomic E-state index is 12.6. The summed E-state index contributed by atoms with van der Waals surface area (Å²) in [6.45, 7) is 2.21. The SMILES string of the molecule is CCCCC1CCCC1NC(=O)Cn1cnc2ccc(Br)cc2c1=O. The first-order valence-electron chi connectivity index (χ1n) is 9.02. The zero-order chi connectivity index (χ0) is 17.8. The maximum Gasteiger partial charge on any atom is 0.261 e.